The van der Waals surface area contributed by atoms with Crippen LogP contribution in [0.1, 0.15) is 51.4 Å². The van der Waals surface area contributed by atoms with Crippen molar-refractivity contribution in [2.45, 2.75) is 150 Å². The van der Waals surface area contributed by atoms with Crippen molar-refractivity contribution in [3.05, 3.63) is 0 Å². The van der Waals surface area contributed by atoms with Crippen LogP contribution < -0.4 is 42.5 Å². The molecular weight excluding hydrogens is 720 g/mol. The number of fused-ring (bicyclic) bond motifs is 20. The maximum absolute atomic E-state index is 6.10. The van der Waals surface area contributed by atoms with Crippen molar-refractivity contribution in [3.63, 3.8) is 0 Å². The zero-order valence-corrected chi connectivity index (χ0v) is 34.8. The number of nitrogens with one attached hydrogen (secondary N) is 8. The van der Waals surface area contributed by atoms with Gasteiger partial charge in [0.1, 0.15) is 0 Å². The molecule has 56 heavy (non-hydrogen) atoms. The van der Waals surface area contributed by atoms with Gasteiger partial charge in [-0.25, -0.2) is 0 Å². The fourth-order valence-electron chi connectivity index (χ4n) is 13.7. The largest absolute Gasteiger partial charge is 0.379 e. The van der Waals surface area contributed by atoms with Crippen LogP contribution >= 0.6 is 0 Å². The van der Waals surface area contributed by atoms with Crippen LogP contribution in [0.3, 0.4) is 0 Å². The van der Waals surface area contributed by atoms with E-state index in [0.717, 1.165) is 51.4 Å². The van der Waals surface area contributed by atoms with Gasteiger partial charge < -0.3 is 37.9 Å². The summed E-state index contributed by atoms with van der Waals surface area (Å²) in [6.07, 6.45) is 8.34. The van der Waals surface area contributed by atoms with E-state index in [1.54, 1.807) is 0 Å². The molecule has 320 valence electrons. The SMILES string of the molecule is COC1CC2C3NC(NC4NC(NC5NC(NC6NC(N3)C3CC(OC)C(OC)CC63)C3CC(OC)C(OC)CC53)C3CC(OC)C(OC)CC43)C2CC1OC. The highest BCUT2D eigenvalue weighted by Gasteiger charge is 2.59. The molecule has 0 amide bonds. The van der Waals surface area contributed by atoms with Gasteiger partial charge in [0.25, 0.3) is 0 Å². The Hall–Kier alpha value is -0.640. The number of hydrogen-bond donors (Lipinski definition) is 8. The first-order valence-electron chi connectivity index (χ1n) is 21.6. The van der Waals surface area contributed by atoms with E-state index in [9.17, 15) is 0 Å². The van der Waals surface area contributed by atoms with Crippen molar-refractivity contribution in [3.8, 4) is 0 Å². The molecule has 0 aromatic carbocycles. The van der Waals surface area contributed by atoms with Crippen LogP contribution in [0.5, 0.6) is 0 Å². The van der Waals surface area contributed by atoms with Gasteiger partial charge >= 0.3 is 0 Å². The summed E-state index contributed by atoms with van der Waals surface area (Å²) in [5.41, 5.74) is 0. The van der Waals surface area contributed by atoms with E-state index in [0.29, 0.717) is 47.3 Å². The first kappa shape index (κ1) is 40.7. The maximum Gasteiger partial charge on any atom is 0.0836 e. The smallest absolute Gasteiger partial charge is 0.0836 e. The zero-order valence-electron chi connectivity index (χ0n) is 34.8. The Morgan fingerprint density at radius 3 is 0.411 bits per heavy atom. The third kappa shape index (κ3) is 7.12. The van der Waals surface area contributed by atoms with Crippen LogP contribution in [0.25, 0.3) is 0 Å². The van der Waals surface area contributed by atoms with E-state index in [4.69, 9.17) is 37.9 Å². The number of methoxy groups -OCH3 is 8. The average molecular weight is 793 g/mol. The molecule has 4 saturated carbocycles. The standard InChI is InChI=1S/C40H72N8O8/c1-49-25-9-17-18(10-26(25)50-2)34-41-33(17)45-35-19-11-27(51-3)28(52-4)12-20(19)37(42-35)47-39-23-15-31(55-7)32(56-8)16-24(23)40(44-39)48-38-22-14-30(54-6)29(53-5)13-21(22)36(43-38)46-34/h17-48H,9-16H2,1-8H3. The van der Waals surface area contributed by atoms with Gasteiger partial charge in [-0.3, -0.25) is 42.5 Å². The minimum atomic E-state index is 0.0435. The number of ether oxygens (including phenoxy) is 8. The van der Waals surface area contributed by atoms with Crippen LogP contribution in [0, 0.1) is 47.3 Å². The number of rotatable bonds is 8. The second kappa shape index (κ2) is 17.0. The van der Waals surface area contributed by atoms with E-state index in [1.165, 1.54) is 0 Å². The molecule has 8 N–H and O–H groups in total. The van der Waals surface area contributed by atoms with Gasteiger partial charge in [-0.05, 0) is 98.7 Å². The van der Waals surface area contributed by atoms with Crippen molar-refractivity contribution in [2.75, 3.05) is 56.9 Å². The minimum absolute atomic E-state index is 0.0435. The van der Waals surface area contributed by atoms with Crippen molar-refractivity contribution in [2.24, 2.45) is 47.3 Å². The third-order valence-electron chi connectivity index (χ3n) is 16.6. The summed E-state index contributed by atoms with van der Waals surface area (Å²) in [5, 5.41) is 33.4. The van der Waals surface area contributed by atoms with Gasteiger partial charge in [-0.15, -0.1) is 0 Å². The van der Waals surface area contributed by atoms with Gasteiger partial charge in [0.05, 0.1) is 98.2 Å². The molecule has 16 unspecified atom stereocenters. The van der Waals surface area contributed by atoms with Gasteiger partial charge in [-0.1, -0.05) is 0 Å². The minimum Gasteiger partial charge on any atom is -0.379 e. The highest BCUT2D eigenvalue weighted by molar-refractivity contribution is 5.12. The topological polar surface area (TPSA) is 170 Å². The molecule has 8 bridgehead atoms. The quantitative estimate of drug-likeness (QED) is 0.160. The highest BCUT2D eigenvalue weighted by Crippen LogP contribution is 2.47. The molecular formula is C40H72N8O8. The fourth-order valence-corrected chi connectivity index (χ4v) is 13.7. The maximum atomic E-state index is 6.10. The van der Waals surface area contributed by atoms with Gasteiger partial charge in [0.2, 0.25) is 0 Å². The van der Waals surface area contributed by atoms with E-state index in [2.05, 4.69) is 42.5 Å². The van der Waals surface area contributed by atoms with Gasteiger partial charge in [-0.2, -0.15) is 0 Å². The first-order chi connectivity index (χ1) is 27.3. The lowest BCUT2D eigenvalue weighted by molar-refractivity contribution is -0.0942. The lowest BCUT2D eigenvalue weighted by Crippen LogP contribution is -2.61. The average Bonchev–Trinajstić information content (AvgIpc) is 3.95. The van der Waals surface area contributed by atoms with E-state index < -0.39 is 0 Å². The fraction of sp³-hybridized carbons (Fsp3) is 1.00. The molecule has 0 aromatic rings. The lowest BCUT2D eigenvalue weighted by atomic mass is 9.73. The van der Waals surface area contributed by atoms with Crippen molar-refractivity contribution >= 4 is 0 Å². The molecule has 5 aliphatic heterocycles. The molecule has 16 heteroatoms. The summed E-state index contributed by atoms with van der Waals surface area (Å²) < 4.78 is 48.8. The van der Waals surface area contributed by atoms with Gasteiger partial charge in [0, 0.05) is 56.9 Å². The highest BCUT2D eigenvalue weighted by atomic mass is 16.5. The summed E-state index contributed by atoms with van der Waals surface area (Å²) in [6.45, 7) is 0. The molecule has 9 rings (SSSR count). The summed E-state index contributed by atoms with van der Waals surface area (Å²) in [7, 11) is 14.7. The molecule has 16 atom stereocenters. The Morgan fingerprint density at radius 2 is 0.321 bits per heavy atom. The molecule has 5 saturated heterocycles. The summed E-state index contributed by atoms with van der Waals surface area (Å²) in [5.74, 6) is 2.80. The molecule has 0 spiro atoms. The summed E-state index contributed by atoms with van der Waals surface area (Å²) in [6, 6.07) is 0. The summed E-state index contributed by atoms with van der Waals surface area (Å²) >= 11 is 0. The van der Waals surface area contributed by atoms with Crippen molar-refractivity contribution in [1.29, 1.82) is 0 Å². The first-order valence-corrected chi connectivity index (χ1v) is 21.6. The molecule has 9 aliphatic rings. The Labute approximate surface area is 333 Å². The predicted octanol–water partition coefficient (Wildman–Crippen LogP) is -0.395. The molecule has 5 heterocycles. The number of hydrogen-bond acceptors (Lipinski definition) is 16. The monoisotopic (exact) mass is 793 g/mol. The second-order valence-corrected chi connectivity index (χ2v) is 18.5. The predicted molar refractivity (Wildman–Crippen MR) is 207 cm³/mol. The van der Waals surface area contributed by atoms with Gasteiger partial charge in [0.15, 0.2) is 0 Å². The Morgan fingerprint density at radius 1 is 0.214 bits per heavy atom. The van der Waals surface area contributed by atoms with Crippen LogP contribution in [0.4, 0.5) is 0 Å². The zero-order chi connectivity index (χ0) is 38.8. The normalized spacial score (nSPS) is 55.3. The Kier molecular flexibility index (Phi) is 12.4. The van der Waals surface area contributed by atoms with Crippen molar-refractivity contribution < 1.29 is 37.9 Å². The molecule has 0 aromatic heterocycles. The lowest BCUT2D eigenvalue weighted by Gasteiger charge is -2.42. The van der Waals surface area contributed by atoms with Crippen LogP contribution in [0.2, 0.25) is 0 Å². The van der Waals surface area contributed by atoms with Crippen LogP contribution in [0.15, 0.2) is 0 Å². The van der Waals surface area contributed by atoms with Crippen LogP contribution in [-0.2, 0) is 37.9 Å². The van der Waals surface area contributed by atoms with Crippen molar-refractivity contribution in [1.82, 2.24) is 42.5 Å². The Balaban J connectivity index is 1.08. The van der Waals surface area contributed by atoms with E-state index >= 15 is 0 Å². The summed E-state index contributed by atoms with van der Waals surface area (Å²) in [4.78, 5) is 0. The van der Waals surface area contributed by atoms with E-state index in [1.807, 2.05) is 56.9 Å². The third-order valence-corrected chi connectivity index (χ3v) is 16.6. The molecule has 16 nitrogen and oxygen atoms in total. The Bertz CT molecular complexity index is 1050. The van der Waals surface area contributed by atoms with E-state index in [-0.39, 0.29) is 98.2 Å². The molecule has 4 aliphatic carbocycles. The molecule has 0 radical (unpaired) electrons. The molecule has 9 fully saturated rings. The second-order valence-electron chi connectivity index (χ2n) is 18.5. The van der Waals surface area contributed by atoms with Crippen LogP contribution in [-0.4, -0.2) is 155 Å².